The maximum atomic E-state index is 11.9. The van der Waals surface area contributed by atoms with E-state index in [0.717, 1.165) is 37.5 Å². The van der Waals surface area contributed by atoms with Gasteiger partial charge >= 0.3 is 5.97 Å². The zero-order chi connectivity index (χ0) is 29.1. The second-order valence-corrected chi connectivity index (χ2v) is 14.6. The molecule has 0 saturated heterocycles. The Bertz CT molecular complexity index is 1280. The van der Waals surface area contributed by atoms with Crippen LogP contribution in [0.4, 0.5) is 0 Å². The van der Waals surface area contributed by atoms with Crippen molar-refractivity contribution < 1.29 is 24.9 Å². The summed E-state index contributed by atoms with van der Waals surface area (Å²) in [5, 5.41) is 32.7. The van der Waals surface area contributed by atoms with Crippen molar-refractivity contribution in [1.82, 2.24) is 4.98 Å². The van der Waals surface area contributed by atoms with Crippen LogP contribution in [0.3, 0.4) is 0 Å². The second kappa shape index (κ2) is 10.8. The van der Waals surface area contributed by atoms with E-state index >= 15 is 0 Å². The van der Waals surface area contributed by atoms with Crippen molar-refractivity contribution in [3.05, 3.63) is 35.9 Å². The van der Waals surface area contributed by atoms with Crippen molar-refractivity contribution >= 4 is 16.9 Å². The molecule has 3 N–H and O–H groups in total. The van der Waals surface area contributed by atoms with Gasteiger partial charge in [-0.1, -0.05) is 40.2 Å². The topological polar surface area (TPSA) is 99.9 Å². The Morgan fingerprint density at radius 3 is 2.51 bits per heavy atom. The van der Waals surface area contributed by atoms with E-state index in [4.69, 9.17) is 4.74 Å². The lowest BCUT2D eigenvalue weighted by Gasteiger charge is -2.64. The minimum absolute atomic E-state index is 0.203. The number of nitrogens with zero attached hydrogens (tertiary/aromatic N) is 1. The first-order valence-corrected chi connectivity index (χ1v) is 16.2. The van der Waals surface area contributed by atoms with Crippen molar-refractivity contribution in [3.8, 4) is 5.88 Å². The minimum atomic E-state index is -0.955. The van der Waals surface area contributed by atoms with Gasteiger partial charge in [0.2, 0.25) is 5.88 Å². The van der Waals surface area contributed by atoms with Gasteiger partial charge in [-0.25, -0.2) is 9.78 Å². The number of aromatic carboxylic acids is 1. The molecule has 6 rings (SSSR count). The van der Waals surface area contributed by atoms with Gasteiger partial charge in [0.25, 0.3) is 0 Å². The average Bonchev–Trinajstić information content (AvgIpc) is 3.31. The lowest BCUT2D eigenvalue weighted by Crippen LogP contribution is -2.62. The number of carboxylic acid groups (broad SMARTS) is 1. The number of hydrogen-bond donors (Lipinski definition) is 3. The summed E-state index contributed by atoms with van der Waals surface area (Å²) < 4.78 is 6.11. The van der Waals surface area contributed by atoms with Crippen LogP contribution in [0.25, 0.3) is 10.9 Å². The highest BCUT2D eigenvalue weighted by atomic mass is 16.5. The molecular formula is C35H49NO5. The van der Waals surface area contributed by atoms with Crippen molar-refractivity contribution in [2.75, 3.05) is 6.61 Å². The standard InChI is InChI=1S/C35H49NO5/c1-5-24-28-19-23(37)12-15-35(28,4)27-13-16-34(3)25(9-10-26(34)31(27)32(24)38)20(2)14-17-41-30-11-8-21-6-7-22(33(39)40)18-29(21)36-30/h6-8,11,18,20,23-28,31-32,37-38H,5,9-10,12-17,19H2,1-4H3,(H,39,40)/t20-,23-,24-,25-,26+,27+,28+,31+,32-,34-,35-/m1/s1. The Balaban J connectivity index is 1.14. The van der Waals surface area contributed by atoms with Gasteiger partial charge in [-0.15, -0.1) is 0 Å². The fraction of sp³-hybridized carbons (Fsp3) is 0.714. The predicted molar refractivity (Wildman–Crippen MR) is 160 cm³/mol. The molecule has 4 saturated carbocycles. The van der Waals surface area contributed by atoms with E-state index in [9.17, 15) is 20.1 Å². The first-order chi connectivity index (χ1) is 19.6. The van der Waals surface area contributed by atoms with Crippen LogP contribution < -0.4 is 4.74 Å². The molecule has 4 fully saturated rings. The molecule has 6 nitrogen and oxygen atoms in total. The molecule has 0 radical (unpaired) electrons. The summed E-state index contributed by atoms with van der Waals surface area (Å²) in [6, 6.07) is 8.79. The zero-order valence-corrected chi connectivity index (χ0v) is 25.3. The molecule has 0 spiro atoms. The summed E-state index contributed by atoms with van der Waals surface area (Å²) in [5.41, 5.74) is 1.35. The number of carbonyl (C=O) groups is 1. The van der Waals surface area contributed by atoms with Crippen LogP contribution in [0.15, 0.2) is 30.3 Å². The normalized spacial score (nSPS) is 40.8. The first kappa shape index (κ1) is 28.9. The van der Waals surface area contributed by atoms with Gasteiger partial charge in [-0.05, 0) is 122 Å². The molecule has 0 bridgehead atoms. The number of aromatic nitrogens is 1. The fourth-order valence-electron chi connectivity index (χ4n) is 10.8. The number of carboxylic acids is 1. The molecule has 0 amide bonds. The Kier molecular flexibility index (Phi) is 7.64. The number of pyridine rings is 1. The SMILES string of the molecule is CC[C@H]1[C@@H](O)[C@@H]2[C@H](CC[C@]3(C)[C@@H]([C@H](C)CCOc4ccc5ccc(C(=O)O)cc5n4)CC[C@@H]23)[C@@]2(C)CC[C@@H](O)C[C@@H]12. The molecule has 1 aromatic heterocycles. The third kappa shape index (κ3) is 4.77. The highest BCUT2D eigenvalue weighted by molar-refractivity contribution is 5.93. The second-order valence-electron chi connectivity index (χ2n) is 14.6. The molecule has 1 heterocycles. The Labute approximate surface area is 244 Å². The van der Waals surface area contributed by atoms with Gasteiger partial charge in [0.1, 0.15) is 0 Å². The van der Waals surface area contributed by atoms with Crippen LogP contribution in [0.2, 0.25) is 0 Å². The Morgan fingerprint density at radius 1 is 1.02 bits per heavy atom. The molecule has 6 heteroatoms. The minimum Gasteiger partial charge on any atom is -0.478 e. The summed E-state index contributed by atoms with van der Waals surface area (Å²) in [5.74, 6) is 2.95. The van der Waals surface area contributed by atoms with E-state index in [-0.39, 0.29) is 28.6 Å². The van der Waals surface area contributed by atoms with Gasteiger partial charge in [0, 0.05) is 11.5 Å². The maximum absolute atomic E-state index is 11.9. The lowest BCUT2D eigenvalue weighted by atomic mass is 9.41. The number of rotatable bonds is 7. The van der Waals surface area contributed by atoms with Gasteiger partial charge < -0.3 is 20.1 Å². The van der Waals surface area contributed by atoms with Gasteiger partial charge in [-0.2, -0.15) is 0 Å². The molecule has 41 heavy (non-hydrogen) atoms. The summed E-state index contributed by atoms with van der Waals surface area (Å²) >= 11 is 0. The van der Waals surface area contributed by atoms with Crippen molar-refractivity contribution in [3.63, 3.8) is 0 Å². The highest BCUT2D eigenvalue weighted by Crippen LogP contribution is 2.69. The smallest absolute Gasteiger partial charge is 0.335 e. The third-order valence-electron chi connectivity index (χ3n) is 12.9. The summed E-state index contributed by atoms with van der Waals surface area (Å²) in [4.78, 5) is 15.9. The number of fused-ring (bicyclic) bond motifs is 6. The molecule has 1 aromatic carbocycles. The maximum Gasteiger partial charge on any atom is 0.335 e. The van der Waals surface area contributed by atoms with E-state index < -0.39 is 5.97 Å². The van der Waals surface area contributed by atoms with E-state index in [1.54, 1.807) is 18.2 Å². The molecule has 2 aromatic rings. The quantitative estimate of drug-likeness (QED) is 0.337. The van der Waals surface area contributed by atoms with Crippen LogP contribution in [0.1, 0.15) is 95.8 Å². The molecular weight excluding hydrogens is 514 g/mol. The largest absolute Gasteiger partial charge is 0.478 e. The van der Waals surface area contributed by atoms with Crippen LogP contribution in [-0.4, -0.2) is 45.1 Å². The molecule has 4 aliphatic rings. The van der Waals surface area contributed by atoms with Gasteiger partial charge in [0.05, 0.1) is 29.9 Å². The fourth-order valence-corrected chi connectivity index (χ4v) is 10.8. The van der Waals surface area contributed by atoms with Crippen molar-refractivity contribution in [2.45, 2.75) is 97.7 Å². The van der Waals surface area contributed by atoms with Crippen molar-refractivity contribution in [2.24, 2.45) is 52.3 Å². The molecule has 0 aliphatic heterocycles. The summed E-state index contributed by atoms with van der Waals surface area (Å²) in [7, 11) is 0. The van der Waals surface area contributed by atoms with Crippen LogP contribution in [0.5, 0.6) is 5.88 Å². The Morgan fingerprint density at radius 2 is 1.76 bits per heavy atom. The number of hydrogen-bond acceptors (Lipinski definition) is 5. The summed E-state index contributed by atoms with van der Waals surface area (Å²) in [6.45, 7) is 10.2. The third-order valence-corrected chi connectivity index (χ3v) is 12.9. The van der Waals surface area contributed by atoms with Crippen molar-refractivity contribution in [1.29, 1.82) is 0 Å². The number of aliphatic hydroxyl groups is 2. The summed E-state index contributed by atoms with van der Waals surface area (Å²) in [6.07, 6.45) is 9.25. The van der Waals surface area contributed by atoms with E-state index in [1.165, 1.54) is 25.7 Å². The van der Waals surface area contributed by atoms with Crippen LogP contribution in [0, 0.1) is 52.3 Å². The predicted octanol–water partition coefficient (Wildman–Crippen LogP) is 6.96. The highest BCUT2D eigenvalue weighted by Gasteiger charge is 2.64. The number of aliphatic hydroxyl groups excluding tert-OH is 2. The molecule has 224 valence electrons. The monoisotopic (exact) mass is 563 g/mol. The van der Waals surface area contributed by atoms with E-state index in [1.807, 2.05) is 12.1 Å². The Hall–Kier alpha value is -2.18. The number of ether oxygens (including phenoxy) is 1. The van der Waals surface area contributed by atoms with E-state index in [0.29, 0.717) is 59.4 Å². The van der Waals surface area contributed by atoms with E-state index in [2.05, 4.69) is 32.7 Å². The number of benzene rings is 1. The molecule has 4 aliphatic carbocycles. The van der Waals surface area contributed by atoms with Gasteiger partial charge in [0.15, 0.2) is 0 Å². The van der Waals surface area contributed by atoms with Crippen LogP contribution >= 0.6 is 0 Å². The van der Waals surface area contributed by atoms with Gasteiger partial charge in [-0.3, -0.25) is 0 Å². The average molecular weight is 564 g/mol. The molecule has 0 unspecified atom stereocenters. The first-order valence-electron chi connectivity index (χ1n) is 16.2. The zero-order valence-electron chi connectivity index (χ0n) is 25.3. The van der Waals surface area contributed by atoms with Crippen LogP contribution in [-0.2, 0) is 0 Å². The lowest BCUT2D eigenvalue weighted by molar-refractivity contribution is -0.203. The molecule has 11 atom stereocenters.